The van der Waals surface area contributed by atoms with Crippen molar-refractivity contribution < 1.29 is 0 Å². The second-order valence-corrected chi connectivity index (χ2v) is 2.64. The summed E-state index contributed by atoms with van der Waals surface area (Å²) in [6.45, 7) is 0. The summed E-state index contributed by atoms with van der Waals surface area (Å²) in [5.74, 6) is 0. The normalized spacial score (nSPS) is 27.9. The summed E-state index contributed by atoms with van der Waals surface area (Å²) in [5.41, 5.74) is 1.11. The summed E-state index contributed by atoms with van der Waals surface area (Å²) in [6.07, 6.45) is 7.75. The first-order chi connectivity index (χ1) is 4.88. The largest absolute Gasteiger partial charge is 0.368 e. The van der Waals surface area contributed by atoms with E-state index in [1.807, 2.05) is 24.6 Å². The molecule has 2 nitrogen and oxygen atoms in total. The van der Waals surface area contributed by atoms with Gasteiger partial charge in [-0.25, -0.2) is 0 Å². The van der Waals surface area contributed by atoms with Crippen LogP contribution >= 0.6 is 11.6 Å². The van der Waals surface area contributed by atoms with Gasteiger partial charge in [-0.05, 0) is 24.6 Å². The van der Waals surface area contributed by atoms with Crippen molar-refractivity contribution >= 4 is 11.6 Å². The molecule has 1 unspecified atom stereocenters. The van der Waals surface area contributed by atoms with Gasteiger partial charge in [0.05, 0.1) is 0 Å². The number of allylic oxidation sites excluding steroid dienone is 2. The molecular formula is C7H7ClN2. The van der Waals surface area contributed by atoms with Gasteiger partial charge in [0.25, 0.3) is 0 Å². The smallest absolute Gasteiger partial charge is 0.124 e. The van der Waals surface area contributed by atoms with Gasteiger partial charge in [0, 0.05) is 10.6 Å². The number of rotatable bonds is 0. The fraction of sp³-hybridized carbons (Fsp3) is 0.143. The van der Waals surface area contributed by atoms with Gasteiger partial charge in [-0.1, -0.05) is 11.6 Å². The van der Waals surface area contributed by atoms with E-state index >= 15 is 0 Å². The van der Waals surface area contributed by atoms with Crippen LogP contribution in [-0.2, 0) is 0 Å². The summed E-state index contributed by atoms with van der Waals surface area (Å²) in [7, 11) is 0. The van der Waals surface area contributed by atoms with Crippen molar-refractivity contribution in [3.8, 4) is 0 Å². The molecule has 2 aliphatic rings. The predicted molar refractivity (Wildman–Crippen MR) is 41.2 cm³/mol. The van der Waals surface area contributed by atoms with Crippen LogP contribution in [0.15, 0.2) is 35.2 Å². The van der Waals surface area contributed by atoms with Crippen LogP contribution in [0.3, 0.4) is 0 Å². The van der Waals surface area contributed by atoms with Crippen molar-refractivity contribution in [2.75, 3.05) is 0 Å². The molecule has 0 spiro atoms. The summed E-state index contributed by atoms with van der Waals surface area (Å²) >= 11 is 5.88. The highest BCUT2D eigenvalue weighted by Gasteiger charge is 2.18. The summed E-state index contributed by atoms with van der Waals surface area (Å²) in [4.78, 5) is 0. The van der Waals surface area contributed by atoms with Crippen molar-refractivity contribution in [1.82, 2.24) is 10.6 Å². The van der Waals surface area contributed by atoms with E-state index in [9.17, 15) is 0 Å². The Bertz CT molecular complexity index is 240. The Morgan fingerprint density at radius 1 is 1.20 bits per heavy atom. The molecule has 0 saturated heterocycles. The summed E-state index contributed by atoms with van der Waals surface area (Å²) < 4.78 is 0. The van der Waals surface area contributed by atoms with Crippen LogP contribution in [0.4, 0.5) is 0 Å². The zero-order valence-electron chi connectivity index (χ0n) is 5.26. The Kier molecular flexibility index (Phi) is 1.21. The van der Waals surface area contributed by atoms with Crippen LogP contribution in [0.25, 0.3) is 0 Å². The molecule has 52 valence electrons. The minimum atomic E-state index is 0.192. The van der Waals surface area contributed by atoms with E-state index in [0.717, 1.165) is 10.6 Å². The summed E-state index contributed by atoms with van der Waals surface area (Å²) in [6, 6.07) is 0. The number of dihydropyridines is 1. The third-order valence-electron chi connectivity index (χ3n) is 1.61. The molecule has 2 rings (SSSR count). The summed E-state index contributed by atoms with van der Waals surface area (Å²) in [5, 5.41) is 7.03. The average molecular weight is 155 g/mol. The maximum Gasteiger partial charge on any atom is 0.124 e. The molecule has 2 heterocycles. The molecule has 0 radical (unpaired) electrons. The first-order valence-electron chi connectivity index (χ1n) is 3.13. The fourth-order valence-corrected chi connectivity index (χ4v) is 1.32. The third-order valence-corrected chi connectivity index (χ3v) is 1.95. The molecule has 0 amide bonds. The van der Waals surface area contributed by atoms with Gasteiger partial charge in [-0.3, -0.25) is 0 Å². The Balaban J connectivity index is 2.41. The minimum absolute atomic E-state index is 0.192. The molecule has 0 aromatic carbocycles. The molecular weight excluding hydrogens is 148 g/mol. The van der Waals surface area contributed by atoms with Crippen molar-refractivity contribution in [2.45, 2.75) is 6.17 Å². The van der Waals surface area contributed by atoms with Crippen LogP contribution in [0.2, 0.25) is 0 Å². The van der Waals surface area contributed by atoms with E-state index in [1.165, 1.54) is 0 Å². The zero-order chi connectivity index (χ0) is 6.97. The van der Waals surface area contributed by atoms with Crippen LogP contribution in [0, 0.1) is 0 Å². The lowest BCUT2D eigenvalue weighted by atomic mass is 10.2. The molecule has 1 atom stereocenters. The van der Waals surface area contributed by atoms with Crippen molar-refractivity contribution in [1.29, 1.82) is 0 Å². The molecule has 0 saturated carbocycles. The standard InChI is InChI=1S/C7H7ClN2/c8-6-2-4-10-7-5(6)1-3-9-7/h1-4,7,9-10H. The molecule has 0 aromatic rings. The topological polar surface area (TPSA) is 24.1 Å². The molecule has 0 bridgehead atoms. The molecule has 0 aromatic heterocycles. The van der Waals surface area contributed by atoms with Gasteiger partial charge in [0.2, 0.25) is 0 Å². The van der Waals surface area contributed by atoms with Gasteiger partial charge >= 0.3 is 0 Å². The number of fused-ring (bicyclic) bond motifs is 1. The Labute approximate surface area is 64.3 Å². The molecule has 2 aliphatic heterocycles. The van der Waals surface area contributed by atoms with E-state index in [0.29, 0.717) is 0 Å². The predicted octanol–water partition coefficient (Wildman–Crippen LogP) is 1.04. The highest BCUT2D eigenvalue weighted by atomic mass is 35.5. The minimum Gasteiger partial charge on any atom is -0.368 e. The Hall–Kier alpha value is -0.890. The monoisotopic (exact) mass is 154 g/mol. The second kappa shape index (κ2) is 2.06. The Morgan fingerprint density at radius 2 is 1.90 bits per heavy atom. The van der Waals surface area contributed by atoms with Gasteiger partial charge in [0.15, 0.2) is 0 Å². The third kappa shape index (κ3) is 0.727. The number of hydrogen-bond donors (Lipinski definition) is 2. The van der Waals surface area contributed by atoms with Crippen LogP contribution in [-0.4, -0.2) is 6.17 Å². The fourth-order valence-electron chi connectivity index (χ4n) is 1.09. The first kappa shape index (κ1) is 5.86. The molecule has 0 aliphatic carbocycles. The molecule has 0 fully saturated rings. The first-order valence-corrected chi connectivity index (χ1v) is 3.50. The van der Waals surface area contributed by atoms with Crippen molar-refractivity contribution in [3.63, 3.8) is 0 Å². The maximum atomic E-state index is 5.88. The van der Waals surface area contributed by atoms with Crippen molar-refractivity contribution in [2.24, 2.45) is 0 Å². The number of hydrogen-bond acceptors (Lipinski definition) is 2. The number of halogens is 1. The molecule has 10 heavy (non-hydrogen) atoms. The number of nitrogens with one attached hydrogen (secondary N) is 2. The average Bonchev–Trinajstić information content (AvgIpc) is 2.36. The van der Waals surface area contributed by atoms with E-state index in [1.54, 1.807) is 0 Å². The lowest BCUT2D eigenvalue weighted by Crippen LogP contribution is -2.35. The maximum absolute atomic E-state index is 5.88. The van der Waals surface area contributed by atoms with Gasteiger partial charge in [-0.15, -0.1) is 0 Å². The Morgan fingerprint density at radius 3 is 2.60 bits per heavy atom. The van der Waals surface area contributed by atoms with Crippen LogP contribution < -0.4 is 10.6 Å². The van der Waals surface area contributed by atoms with Gasteiger partial charge in [0.1, 0.15) is 6.17 Å². The van der Waals surface area contributed by atoms with E-state index in [2.05, 4.69) is 10.6 Å². The lowest BCUT2D eigenvalue weighted by molar-refractivity contribution is 0.632. The highest BCUT2D eigenvalue weighted by molar-refractivity contribution is 6.32. The van der Waals surface area contributed by atoms with E-state index in [4.69, 9.17) is 11.6 Å². The molecule has 3 heteroatoms. The van der Waals surface area contributed by atoms with E-state index < -0.39 is 0 Å². The van der Waals surface area contributed by atoms with Crippen molar-refractivity contribution in [3.05, 3.63) is 35.2 Å². The lowest BCUT2D eigenvalue weighted by Gasteiger charge is -2.17. The second-order valence-electron chi connectivity index (χ2n) is 2.24. The van der Waals surface area contributed by atoms with Crippen LogP contribution in [0.1, 0.15) is 0 Å². The van der Waals surface area contributed by atoms with Gasteiger partial charge < -0.3 is 10.6 Å². The molecule has 2 N–H and O–H groups in total. The quantitative estimate of drug-likeness (QED) is 0.545. The highest BCUT2D eigenvalue weighted by Crippen LogP contribution is 2.21. The van der Waals surface area contributed by atoms with Gasteiger partial charge in [-0.2, -0.15) is 0 Å². The van der Waals surface area contributed by atoms with E-state index in [-0.39, 0.29) is 6.17 Å². The zero-order valence-corrected chi connectivity index (χ0v) is 6.02. The SMILES string of the molecule is ClC1=C2C=CNC2NC=C1. The van der Waals surface area contributed by atoms with Crippen LogP contribution in [0.5, 0.6) is 0 Å².